The number of β-amino-alcohol motifs (C(OH)–C–C–N with tert-alkyl or cyclic N) is 1. The lowest BCUT2D eigenvalue weighted by atomic mass is 10.0. The number of pyridine rings is 1. The quantitative estimate of drug-likeness (QED) is 0.794. The molecule has 1 unspecified atom stereocenters. The van der Waals surface area contributed by atoms with Crippen LogP contribution in [0.4, 0.5) is 5.95 Å². The lowest BCUT2D eigenvalue weighted by Crippen LogP contribution is -2.45. The van der Waals surface area contributed by atoms with E-state index in [0.29, 0.717) is 43.5 Å². The van der Waals surface area contributed by atoms with Crippen molar-refractivity contribution < 1.29 is 14.6 Å². The summed E-state index contributed by atoms with van der Waals surface area (Å²) in [5.41, 5.74) is -0.669. The molecule has 8 heteroatoms. The van der Waals surface area contributed by atoms with Gasteiger partial charge in [-0.05, 0) is 31.5 Å². The fourth-order valence-electron chi connectivity index (χ4n) is 2.78. The van der Waals surface area contributed by atoms with E-state index in [0.717, 1.165) is 0 Å². The van der Waals surface area contributed by atoms with Crippen molar-refractivity contribution in [3.63, 3.8) is 0 Å². The van der Waals surface area contributed by atoms with Crippen LogP contribution in [0.2, 0.25) is 0 Å². The molecule has 0 saturated carbocycles. The van der Waals surface area contributed by atoms with Crippen LogP contribution in [-0.4, -0.2) is 57.8 Å². The first-order valence-electron chi connectivity index (χ1n) is 8.22. The summed E-state index contributed by atoms with van der Waals surface area (Å²) < 4.78 is 5.37. The summed E-state index contributed by atoms with van der Waals surface area (Å²) in [6.45, 7) is 3.39. The monoisotopic (exact) mass is 343 g/mol. The third-order valence-electron chi connectivity index (χ3n) is 4.04. The van der Waals surface area contributed by atoms with Crippen molar-refractivity contribution in [2.45, 2.75) is 18.9 Å². The van der Waals surface area contributed by atoms with E-state index < -0.39 is 5.60 Å². The number of carbonyl (C=O) groups excluding carboxylic acids is 1. The Labute approximate surface area is 145 Å². The molecule has 1 amide bonds. The number of carbonyl (C=O) groups is 1. The van der Waals surface area contributed by atoms with Gasteiger partial charge in [-0.25, -0.2) is 15.0 Å². The molecule has 1 atom stereocenters. The van der Waals surface area contributed by atoms with E-state index in [9.17, 15) is 9.90 Å². The van der Waals surface area contributed by atoms with Crippen LogP contribution in [0.15, 0.2) is 36.8 Å². The number of nitrogens with zero attached hydrogens (tertiary/aromatic N) is 4. The molecule has 0 aliphatic carbocycles. The van der Waals surface area contributed by atoms with Crippen molar-refractivity contribution >= 4 is 11.9 Å². The zero-order valence-corrected chi connectivity index (χ0v) is 14.1. The summed E-state index contributed by atoms with van der Waals surface area (Å²) in [5, 5.41) is 13.5. The molecule has 1 fully saturated rings. The Morgan fingerprint density at radius 2 is 2.08 bits per heavy atom. The van der Waals surface area contributed by atoms with E-state index in [2.05, 4.69) is 20.3 Å². The fraction of sp³-hybridized carbons (Fsp3) is 0.412. The molecule has 1 aliphatic rings. The lowest BCUT2D eigenvalue weighted by molar-refractivity contribution is 0.0574. The SMILES string of the molecule is CCOc1ncccc1C(=O)NCC1(O)CCN(c2ncccn2)C1. The van der Waals surface area contributed by atoms with Crippen LogP contribution < -0.4 is 15.0 Å². The van der Waals surface area contributed by atoms with Gasteiger partial charge in [0, 0.05) is 31.7 Å². The van der Waals surface area contributed by atoms with E-state index in [1.54, 1.807) is 36.8 Å². The van der Waals surface area contributed by atoms with Gasteiger partial charge >= 0.3 is 0 Å². The van der Waals surface area contributed by atoms with Crippen molar-refractivity contribution in [3.8, 4) is 5.88 Å². The normalized spacial score (nSPS) is 19.7. The number of aliphatic hydroxyl groups is 1. The highest BCUT2D eigenvalue weighted by Crippen LogP contribution is 2.24. The molecular formula is C17H21N5O3. The van der Waals surface area contributed by atoms with Crippen LogP contribution >= 0.6 is 0 Å². The molecular weight excluding hydrogens is 322 g/mol. The minimum absolute atomic E-state index is 0.135. The number of ether oxygens (including phenoxy) is 1. The number of rotatable bonds is 6. The molecule has 3 heterocycles. The second kappa shape index (κ2) is 7.43. The molecule has 25 heavy (non-hydrogen) atoms. The fourth-order valence-corrected chi connectivity index (χ4v) is 2.78. The first-order chi connectivity index (χ1) is 12.1. The van der Waals surface area contributed by atoms with E-state index in [4.69, 9.17) is 4.74 Å². The van der Waals surface area contributed by atoms with Crippen LogP contribution in [0.25, 0.3) is 0 Å². The number of aromatic nitrogens is 3. The molecule has 0 spiro atoms. The molecule has 1 saturated heterocycles. The van der Waals surface area contributed by atoms with Crippen molar-refractivity contribution in [1.29, 1.82) is 0 Å². The van der Waals surface area contributed by atoms with Gasteiger partial charge in [0.15, 0.2) is 0 Å². The summed E-state index contributed by atoms with van der Waals surface area (Å²) in [4.78, 5) is 26.8. The topological polar surface area (TPSA) is 100 Å². The van der Waals surface area contributed by atoms with Gasteiger partial charge in [0.1, 0.15) is 11.2 Å². The molecule has 8 nitrogen and oxygen atoms in total. The summed E-state index contributed by atoms with van der Waals surface area (Å²) >= 11 is 0. The van der Waals surface area contributed by atoms with Gasteiger partial charge < -0.3 is 20.1 Å². The lowest BCUT2D eigenvalue weighted by Gasteiger charge is -2.23. The van der Waals surface area contributed by atoms with E-state index in [1.807, 2.05) is 11.8 Å². The highest BCUT2D eigenvalue weighted by molar-refractivity contribution is 5.96. The summed E-state index contributed by atoms with van der Waals surface area (Å²) in [6, 6.07) is 5.07. The number of amides is 1. The summed E-state index contributed by atoms with van der Waals surface area (Å²) in [6.07, 6.45) is 5.43. The zero-order valence-electron chi connectivity index (χ0n) is 14.1. The molecule has 0 bridgehead atoms. The average molecular weight is 343 g/mol. The first-order valence-corrected chi connectivity index (χ1v) is 8.22. The van der Waals surface area contributed by atoms with Crippen molar-refractivity contribution in [1.82, 2.24) is 20.3 Å². The Balaban J connectivity index is 1.61. The Morgan fingerprint density at radius 1 is 1.32 bits per heavy atom. The third kappa shape index (κ3) is 4.03. The van der Waals surface area contributed by atoms with Crippen molar-refractivity contribution in [3.05, 3.63) is 42.4 Å². The smallest absolute Gasteiger partial charge is 0.256 e. The predicted octanol–water partition coefficient (Wildman–Crippen LogP) is 0.641. The summed E-state index contributed by atoms with van der Waals surface area (Å²) in [5.74, 6) is 0.551. The van der Waals surface area contributed by atoms with E-state index >= 15 is 0 Å². The highest BCUT2D eigenvalue weighted by atomic mass is 16.5. The minimum Gasteiger partial charge on any atom is -0.477 e. The van der Waals surface area contributed by atoms with Gasteiger partial charge in [0.05, 0.1) is 13.2 Å². The summed E-state index contributed by atoms with van der Waals surface area (Å²) in [7, 11) is 0. The molecule has 0 aromatic carbocycles. The minimum atomic E-state index is -1.02. The maximum Gasteiger partial charge on any atom is 0.256 e. The van der Waals surface area contributed by atoms with Crippen molar-refractivity contribution in [2.24, 2.45) is 0 Å². The largest absolute Gasteiger partial charge is 0.477 e. The molecule has 132 valence electrons. The van der Waals surface area contributed by atoms with Crippen molar-refractivity contribution in [2.75, 3.05) is 31.1 Å². The zero-order chi connectivity index (χ0) is 17.7. The standard InChI is InChI=1S/C17H21N5O3/c1-2-25-15-13(5-3-7-18-15)14(23)21-11-17(24)6-10-22(12-17)16-19-8-4-9-20-16/h3-5,7-9,24H,2,6,10-12H2,1H3,(H,21,23). The van der Waals surface area contributed by atoms with E-state index in [-0.39, 0.29) is 12.5 Å². The molecule has 3 rings (SSSR count). The molecule has 2 N–H and O–H groups in total. The van der Waals surface area contributed by atoms with E-state index in [1.165, 1.54) is 0 Å². The second-order valence-corrected chi connectivity index (χ2v) is 5.92. The van der Waals surface area contributed by atoms with Gasteiger partial charge in [-0.1, -0.05) is 0 Å². The van der Waals surface area contributed by atoms with Crippen LogP contribution in [0.1, 0.15) is 23.7 Å². The Bertz CT molecular complexity index is 727. The maximum atomic E-state index is 12.4. The number of hydrogen-bond acceptors (Lipinski definition) is 7. The number of hydrogen-bond donors (Lipinski definition) is 2. The molecule has 2 aromatic heterocycles. The maximum absolute atomic E-state index is 12.4. The van der Waals surface area contributed by atoms with Gasteiger partial charge in [0.25, 0.3) is 5.91 Å². The number of anilines is 1. The third-order valence-corrected chi connectivity index (χ3v) is 4.04. The van der Waals surface area contributed by atoms with Gasteiger partial charge in [0.2, 0.25) is 11.8 Å². The molecule has 2 aromatic rings. The van der Waals surface area contributed by atoms with Crippen LogP contribution in [0.3, 0.4) is 0 Å². The van der Waals surface area contributed by atoms with Gasteiger partial charge in [-0.15, -0.1) is 0 Å². The van der Waals surface area contributed by atoms with Crippen LogP contribution in [-0.2, 0) is 0 Å². The molecule has 1 aliphatic heterocycles. The highest BCUT2D eigenvalue weighted by Gasteiger charge is 2.37. The first kappa shape index (κ1) is 17.1. The molecule has 0 radical (unpaired) electrons. The van der Waals surface area contributed by atoms with Crippen LogP contribution in [0, 0.1) is 0 Å². The van der Waals surface area contributed by atoms with Gasteiger partial charge in [-0.3, -0.25) is 4.79 Å². The van der Waals surface area contributed by atoms with Gasteiger partial charge in [-0.2, -0.15) is 0 Å². The second-order valence-electron chi connectivity index (χ2n) is 5.92. The average Bonchev–Trinajstić information content (AvgIpc) is 3.04. The Kier molecular flexibility index (Phi) is 5.08. The Hall–Kier alpha value is -2.74. The Morgan fingerprint density at radius 3 is 2.84 bits per heavy atom. The predicted molar refractivity (Wildman–Crippen MR) is 91.6 cm³/mol. The van der Waals surface area contributed by atoms with Crippen LogP contribution in [0.5, 0.6) is 5.88 Å². The number of nitrogens with one attached hydrogen (secondary N) is 1.